The van der Waals surface area contributed by atoms with Gasteiger partial charge in [0.2, 0.25) is 0 Å². The molecule has 0 spiro atoms. The van der Waals surface area contributed by atoms with Crippen molar-refractivity contribution in [2.24, 2.45) is 0 Å². The Hall–Kier alpha value is -2.12. The average molecular weight is 279 g/mol. The molecule has 0 saturated carbocycles. The van der Waals surface area contributed by atoms with Gasteiger partial charge >= 0.3 is 0 Å². The Bertz CT molecular complexity index is 617. The molecule has 19 heavy (non-hydrogen) atoms. The number of benzene rings is 2. The lowest BCUT2D eigenvalue weighted by Crippen LogP contribution is -2.11. The van der Waals surface area contributed by atoms with Gasteiger partial charge in [-0.1, -0.05) is 23.7 Å². The quantitative estimate of drug-likeness (QED) is 0.909. The molecule has 5 heteroatoms. The van der Waals surface area contributed by atoms with E-state index in [-0.39, 0.29) is 10.6 Å². The summed E-state index contributed by atoms with van der Waals surface area (Å²) in [6.07, 6.45) is 0. The zero-order valence-electron chi connectivity index (χ0n) is 9.70. The number of hydrogen-bond acceptors (Lipinski definition) is 2. The molecule has 0 aliphatic rings. The normalized spacial score (nSPS) is 11.7. The topological polar surface area (TPSA) is 35.8 Å². The molecule has 0 heterocycles. The van der Waals surface area contributed by atoms with Gasteiger partial charge in [0.15, 0.2) is 0 Å². The number of hydrogen-bond donors (Lipinski definition) is 1. The van der Waals surface area contributed by atoms with Crippen LogP contribution in [0, 0.1) is 23.0 Å². The minimum absolute atomic E-state index is 0.0518. The van der Waals surface area contributed by atoms with Crippen molar-refractivity contribution in [2.75, 3.05) is 5.32 Å². The van der Waals surface area contributed by atoms with E-state index in [4.69, 9.17) is 16.9 Å². The van der Waals surface area contributed by atoms with Gasteiger partial charge in [0.1, 0.15) is 17.7 Å². The smallest absolute Gasteiger partial charge is 0.144 e. The minimum Gasteiger partial charge on any atom is -0.366 e. The summed E-state index contributed by atoms with van der Waals surface area (Å²) in [5, 5.41) is 12.0. The highest BCUT2D eigenvalue weighted by atomic mass is 35.5. The zero-order valence-corrected chi connectivity index (χ0v) is 10.5. The Morgan fingerprint density at radius 3 is 2.53 bits per heavy atom. The Morgan fingerprint density at radius 2 is 1.89 bits per heavy atom. The van der Waals surface area contributed by atoms with Crippen molar-refractivity contribution in [2.45, 2.75) is 6.04 Å². The SMILES string of the molecule is N#CC(Nc1cccc(F)c1)c1c(F)cccc1Cl. The van der Waals surface area contributed by atoms with Crippen LogP contribution in [-0.2, 0) is 0 Å². The predicted octanol–water partition coefficient (Wildman–Crippen LogP) is 4.29. The van der Waals surface area contributed by atoms with E-state index in [0.717, 1.165) is 0 Å². The maximum atomic E-state index is 13.7. The van der Waals surface area contributed by atoms with E-state index in [1.54, 1.807) is 6.07 Å². The fourth-order valence-corrected chi connectivity index (χ4v) is 1.97. The average Bonchev–Trinajstić information content (AvgIpc) is 2.37. The summed E-state index contributed by atoms with van der Waals surface area (Å²) in [6, 6.07) is 10.7. The van der Waals surface area contributed by atoms with Gasteiger partial charge in [0.25, 0.3) is 0 Å². The highest BCUT2D eigenvalue weighted by Crippen LogP contribution is 2.28. The fraction of sp³-hybridized carbons (Fsp3) is 0.0714. The van der Waals surface area contributed by atoms with Crippen molar-refractivity contribution >= 4 is 17.3 Å². The van der Waals surface area contributed by atoms with Crippen LogP contribution >= 0.6 is 11.6 Å². The summed E-state index contributed by atoms with van der Waals surface area (Å²) in [5.74, 6) is -1.02. The van der Waals surface area contributed by atoms with E-state index < -0.39 is 17.7 Å². The Balaban J connectivity index is 2.34. The molecular formula is C14H9ClF2N2. The summed E-state index contributed by atoms with van der Waals surface area (Å²) in [7, 11) is 0. The number of halogens is 3. The predicted molar refractivity (Wildman–Crippen MR) is 69.8 cm³/mol. The van der Waals surface area contributed by atoms with Crippen LogP contribution in [0.4, 0.5) is 14.5 Å². The number of nitriles is 1. The number of nitrogens with one attached hydrogen (secondary N) is 1. The fourth-order valence-electron chi connectivity index (χ4n) is 1.70. The monoisotopic (exact) mass is 278 g/mol. The molecular weight excluding hydrogens is 270 g/mol. The molecule has 2 aromatic carbocycles. The van der Waals surface area contributed by atoms with Gasteiger partial charge in [0, 0.05) is 16.3 Å². The number of anilines is 1. The van der Waals surface area contributed by atoms with E-state index in [1.807, 2.05) is 6.07 Å². The first-order chi connectivity index (χ1) is 9.11. The molecule has 0 radical (unpaired) electrons. The maximum absolute atomic E-state index is 13.7. The van der Waals surface area contributed by atoms with E-state index >= 15 is 0 Å². The lowest BCUT2D eigenvalue weighted by atomic mass is 10.1. The van der Waals surface area contributed by atoms with Gasteiger partial charge in [0.05, 0.1) is 6.07 Å². The standard InChI is InChI=1S/C14H9ClF2N2/c15-11-5-2-6-12(17)14(11)13(8-18)19-10-4-1-3-9(16)7-10/h1-7,13,19H. The van der Waals surface area contributed by atoms with Crippen molar-refractivity contribution in [3.8, 4) is 6.07 Å². The molecule has 0 aromatic heterocycles. The molecule has 0 saturated heterocycles. The lowest BCUT2D eigenvalue weighted by Gasteiger charge is -2.15. The van der Waals surface area contributed by atoms with Gasteiger partial charge in [-0.3, -0.25) is 0 Å². The van der Waals surface area contributed by atoms with E-state index in [9.17, 15) is 8.78 Å². The third kappa shape index (κ3) is 3.01. The van der Waals surface area contributed by atoms with Crippen LogP contribution < -0.4 is 5.32 Å². The molecule has 0 amide bonds. The molecule has 1 unspecified atom stereocenters. The zero-order chi connectivity index (χ0) is 13.8. The summed E-state index contributed by atoms with van der Waals surface area (Å²) < 4.78 is 26.8. The number of rotatable bonds is 3. The van der Waals surface area contributed by atoms with Crippen molar-refractivity contribution in [1.29, 1.82) is 5.26 Å². The maximum Gasteiger partial charge on any atom is 0.144 e. The highest BCUT2D eigenvalue weighted by molar-refractivity contribution is 6.31. The van der Waals surface area contributed by atoms with Gasteiger partial charge in [-0.05, 0) is 30.3 Å². The molecule has 1 atom stereocenters. The third-order valence-electron chi connectivity index (χ3n) is 2.55. The van der Waals surface area contributed by atoms with Crippen molar-refractivity contribution < 1.29 is 8.78 Å². The second-order valence-electron chi connectivity index (χ2n) is 3.85. The Kier molecular flexibility index (Phi) is 3.98. The number of nitrogens with zero attached hydrogens (tertiary/aromatic N) is 1. The summed E-state index contributed by atoms with van der Waals surface area (Å²) >= 11 is 5.90. The molecule has 2 nitrogen and oxygen atoms in total. The van der Waals surface area contributed by atoms with E-state index in [2.05, 4.69) is 5.32 Å². The van der Waals surface area contributed by atoms with Crippen LogP contribution in [0.15, 0.2) is 42.5 Å². The first-order valence-electron chi connectivity index (χ1n) is 5.47. The molecule has 1 N–H and O–H groups in total. The summed E-state index contributed by atoms with van der Waals surface area (Å²) in [5.41, 5.74) is 0.432. The Morgan fingerprint density at radius 1 is 1.16 bits per heavy atom. The van der Waals surface area contributed by atoms with Crippen LogP contribution in [-0.4, -0.2) is 0 Å². The highest BCUT2D eigenvalue weighted by Gasteiger charge is 2.18. The van der Waals surface area contributed by atoms with Gasteiger partial charge < -0.3 is 5.32 Å². The van der Waals surface area contributed by atoms with Gasteiger partial charge in [-0.15, -0.1) is 0 Å². The van der Waals surface area contributed by atoms with Crippen molar-refractivity contribution in [1.82, 2.24) is 0 Å². The van der Waals surface area contributed by atoms with E-state index in [0.29, 0.717) is 5.69 Å². The molecule has 0 fully saturated rings. The first-order valence-corrected chi connectivity index (χ1v) is 5.85. The minimum atomic E-state index is -0.990. The molecule has 2 rings (SSSR count). The second kappa shape index (κ2) is 5.68. The third-order valence-corrected chi connectivity index (χ3v) is 2.88. The largest absolute Gasteiger partial charge is 0.366 e. The molecule has 2 aromatic rings. The molecule has 0 aliphatic heterocycles. The lowest BCUT2D eigenvalue weighted by molar-refractivity contribution is 0.607. The van der Waals surface area contributed by atoms with Crippen molar-refractivity contribution in [3.63, 3.8) is 0 Å². The van der Waals surface area contributed by atoms with Gasteiger partial charge in [-0.2, -0.15) is 5.26 Å². The van der Waals surface area contributed by atoms with Gasteiger partial charge in [-0.25, -0.2) is 8.78 Å². The van der Waals surface area contributed by atoms with Crippen LogP contribution in [0.2, 0.25) is 5.02 Å². The van der Waals surface area contributed by atoms with E-state index in [1.165, 1.54) is 36.4 Å². The van der Waals surface area contributed by atoms with Crippen LogP contribution in [0.25, 0.3) is 0 Å². The molecule has 0 aliphatic carbocycles. The Labute approximate surface area is 114 Å². The molecule has 0 bridgehead atoms. The van der Waals surface area contributed by atoms with Crippen molar-refractivity contribution in [3.05, 3.63) is 64.7 Å². The summed E-state index contributed by atoms with van der Waals surface area (Å²) in [6.45, 7) is 0. The molecule has 96 valence electrons. The summed E-state index contributed by atoms with van der Waals surface area (Å²) in [4.78, 5) is 0. The van der Waals surface area contributed by atoms with Crippen LogP contribution in [0.3, 0.4) is 0 Å². The van der Waals surface area contributed by atoms with Crippen LogP contribution in [0.5, 0.6) is 0 Å². The first kappa shape index (κ1) is 13.3. The van der Waals surface area contributed by atoms with Crippen LogP contribution in [0.1, 0.15) is 11.6 Å². The second-order valence-corrected chi connectivity index (χ2v) is 4.26.